The van der Waals surface area contributed by atoms with Crippen molar-refractivity contribution in [3.8, 4) is 0 Å². The molecule has 128 valence electrons. The maximum Gasteiger partial charge on any atom is 0.269 e. The Bertz CT molecular complexity index is 1050. The van der Waals surface area contributed by atoms with Gasteiger partial charge in [0.2, 0.25) is 0 Å². The van der Waals surface area contributed by atoms with Crippen molar-refractivity contribution in [3.63, 3.8) is 0 Å². The Kier molecular flexibility index (Phi) is 4.41. The number of carbonyl (C=O) groups excluding carboxylic acids is 1. The summed E-state index contributed by atoms with van der Waals surface area (Å²) in [4.78, 5) is 18.3. The molecule has 0 saturated carbocycles. The minimum Gasteiger partial charge on any atom is -0.383 e. The van der Waals surface area contributed by atoms with Gasteiger partial charge in [-0.2, -0.15) is 0 Å². The first-order chi connectivity index (χ1) is 11.9. The van der Waals surface area contributed by atoms with Crippen molar-refractivity contribution in [1.29, 1.82) is 0 Å². The SMILES string of the molecule is CN(C)/C=C/C(=O)c1cnc2c(ccn2S(=O)(=O)c2ccccc2)c1. The largest absolute Gasteiger partial charge is 0.383 e. The first-order valence-electron chi connectivity index (χ1n) is 7.56. The Morgan fingerprint density at radius 2 is 1.88 bits per heavy atom. The second-order valence-electron chi connectivity index (χ2n) is 5.71. The van der Waals surface area contributed by atoms with Crippen molar-refractivity contribution < 1.29 is 13.2 Å². The lowest BCUT2D eigenvalue weighted by molar-refractivity contribution is 0.104. The molecule has 0 radical (unpaired) electrons. The first kappa shape index (κ1) is 16.9. The van der Waals surface area contributed by atoms with Crippen LogP contribution in [0.15, 0.2) is 72.0 Å². The molecule has 0 unspecified atom stereocenters. The Morgan fingerprint density at radius 1 is 1.16 bits per heavy atom. The van der Waals surface area contributed by atoms with Gasteiger partial charge in [-0.05, 0) is 24.3 Å². The number of pyridine rings is 1. The number of fused-ring (bicyclic) bond motifs is 1. The normalized spacial score (nSPS) is 11.9. The summed E-state index contributed by atoms with van der Waals surface area (Å²) in [5.74, 6) is -0.193. The quantitative estimate of drug-likeness (QED) is 0.519. The van der Waals surface area contributed by atoms with Crippen LogP contribution < -0.4 is 0 Å². The number of ketones is 1. The summed E-state index contributed by atoms with van der Waals surface area (Å²) in [6, 6.07) is 11.4. The second-order valence-corrected chi connectivity index (χ2v) is 7.53. The fraction of sp³-hybridized carbons (Fsp3) is 0.111. The number of benzene rings is 1. The lowest BCUT2D eigenvalue weighted by Crippen LogP contribution is -2.12. The molecule has 0 N–H and O–H groups in total. The number of allylic oxidation sites excluding steroid dienone is 1. The summed E-state index contributed by atoms with van der Waals surface area (Å²) >= 11 is 0. The smallest absolute Gasteiger partial charge is 0.269 e. The van der Waals surface area contributed by atoms with Gasteiger partial charge in [-0.3, -0.25) is 4.79 Å². The molecule has 6 nitrogen and oxygen atoms in total. The summed E-state index contributed by atoms with van der Waals surface area (Å²) in [6.45, 7) is 0. The van der Waals surface area contributed by atoms with Crippen LogP contribution in [0, 0.1) is 0 Å². The van der Waals surface area contributed by atoms with E-state index in [9.17, 15) is 13.2 Å². The van der Waals surface area contributed by atoms with E-state index in [1.54, 1.807) is 41.4 Å². The number of hydrogen-bond donors (Lipinski definition) is 0. The Balaban J connectivity index is 2.03. The molecule has 0 amide bonds. The molecule has 25 heavy (non-hydrogen) atoms. The maximum atomic E-state index is 12.7. The van der Waals surface area contributed by atoms with Gasteiger partial charge < -0.3 is 4.90 Å². The van der Waals surface area contributed by atoms with Crippen molar-refractivity contribution in [1.82, 2.24) is 13.9 Å². The Hall–Kier alpha value is -2.93. The minimum absolute atomic E-state index is 0.184. The van der Waals surface area contributed by atoms with E-state index >= 15 is 0 Å². The molecule has 2 aromatic heterocycles. The molecule has 3 aromatic rings. The molecule has 0 bridgehead atoms. The number of carbonyl (C=O) groups is 1. The van der Waals surface area contributed by atoms with E-state index in [4.69, 9.17) is 0 Å². The summed E-state index contributed by atoms with van der Waals surface area (Å²) in [5, 5.41) is 0.587. The number of rotatable bonds is 5. The molecule has 0 spiro atoms. The van der Waals surface area contributed by atoms with Gasteiger partial charge in [-0.15, -0.1) is 0 Å². The molecule has 0 aliphatic rings. The van der Waals surface area contributed by atoms with Gasteiger partial charge in [0.25, 0.3) is 10.0 Å². The van der Waals surface area contributed by atoms with Gasteiger partial charge in [0.05, 0.1) is 4.90 Å². The van der Waals surface area contributed by atoms with Crippen LogP contribution in [0.2, 0.25) is 0 Å². The third-order valence-electron chi connectivity index (χ3n) is 3.60. The third kappa shape index (κ3) is 3.32. The second kappa shape index (κ2) is 6.52. The van der Waals surface area contributed by atoms with Crippen LogP contribution in [0.25, 0.3) is 11.0 Å². The standard InChI is InChI=1S/C18H17N3O3S/c1-20(2)10-9-17(22)15-12-14-8-11-21(18(14)19-13-15)25(23,24)16-6-4-3-5-7-16/h3-13H,1-2H3/b10-9+. The van der Waals surface area contributed by atoms with Crippen molar-refractivity contribution >= 4 is 26.8 Å². The molecule has 0 saturated heterocycles. The van der Waals surface area contributed by atoms with Crippen LogP contribution in [-0.4, -0.2) is 42.2 Å². The molecule has 3 rings (SSSR count). The van der Waals surface area contributed by atoms with Crippen molar-refractivity contribution in [3.05, 3.63) is 72.7 Å². The van der Waals surface area contributed by atoms with E-state index in [1.807, 2.05) is 14.1 Å². The molecule has 7 heteroatoms. The van der Waals surface area contributed by atoms with Gasteiger partial charge in [0, 0.05) is 49.7 Å². The highest BCUT2D eigenvalue weighted by molar-refractivity contribution is 7.90. The monoisotopic (exact) mass is 355 g/mol. The zero-order chi connectivity index (χ0) is 18.0. The van der Waals surface area contributed by atoms with Crippen molar-refractivity contribution in [2.45, 2.75) is 4.90 Å². The van der Waals surface area contributed by atoms with Gasteiger partial charge in [0.15, 0.2) is 11.4 Å². The highest BCUT2D eigenvalue weighted by atomic mass is 32.2. The van der Waals surface area contributed by atoms with Crippen molar-refractivity contribution in [2.24, 2.45) is 0 Å². The topological polar surface area (TPSA) is 72.3 Å². The Labute approximate surface area is 146 Å². The third-order valence-corrected chi connectivity index (χ3v) is 5.28. The molecular weight excluding hydrogens is 338 g/mol. The summed E-state index contributed by atoms with van der Waals surface area (Å²) < 4.78 is 26.6. The van der Waals surface area contributed by atoms with Crippen LogP contribution in [-0.2, 0) is 10.0 Å². The molecule has 2 heterocycles. The number of hydrogen-bond acceptors (Lipinski definition) is 5. The highest BCUT2D eigenvalue weighted by Crippen LogP contribution is 2.21. The van der Waals surface area contributed by atoms with E-state index < -0.39 is 10.0 Å². The van der Waals surface area contributed by atoms with Crippen LogP contribution in [0.5, 0.6) is 0 Å². The van der Waals surface area contributed by atoms with E-state index in [1.165, 1.54) is 30.6 Å². The predicted molar refractivity (Wildman–Crippen MR) is 95.9 cm³/mol. The van der Waals surface area contributed by atoms with Crippen LogP contribution in [0.4, 0.5) is 0 Å². The summed E-state index contributed by atoms with van der Waals surface area (Å²) in [5.41, 5.74) is 0.692. The molecule has 0 fully saturated rings. The van der Waals surface area contributed by atoms with E-state index in [0.29, 0.717) is 10.9 Å². The van der Waals surface area contributed by atoms with E-state index in [2.05, 4.69) is 4.98 Å². The van der Waals surface area contributed by atoms with Gasteiger partial charge >= 0.3 is 0 Å². The zero-order valence-electron chi connectivity index (χ0n) is 13.8. The molecule has 0 atom stereocenters. The van der Waals surface area contributed by atoms with Crippen LogP contribution in [0.3, 0.4) is 0 Å². The average Bonchev–Trinajstić information content (AvgIpc) is 3.04. The number of nitrogens with zero attached hydrogens (tertiary/aromatic N) is 3. The van der Waals surface area contributed by atoms with E-state index in [-0.39, 0.29) is 16.3 Å². The van der Waals surface area contributed by atoms with Crippen LogP contribution >= 0.6 is 0 Å². The predicted octanol–water partition coefficient (Wildman–Crippen LogP) is 2.53. The average molecular weight is 355 g/mol. The fourth-order valence-electron chi connectivity index (χ4n) is 2.35. The first-order valence-corrected chi connectivity index (χ1v) is 9.00. The van der Waals surface area contributed by atoms with Crippen molar-refractivity contribution in [2.75, 3.05) is 14.1 Å². The zero-order valence-corrected chi connectivity index (χ0v) is 14.6. The molecule has 1 aromatic carbocycles. The Morgan fingerprint density at radius 3 is 2.56 bits per heavy atom. The van der Waals surface area contributed by atoms with Gasteiger partial charge in [0.1, 0.15) is 0 Å². The van der Waals surface area contributed by atoms with Gasteiger partial charge in [-0.1, -0.05) is 18.2 Å². The van der Waals surface area contributed by atoms with Gasteiger partial charge in [-0.25, -0.2) is 17.4 Å². The summed E-state index contributed by atoms with van der Waals surface area (Å²) in [7, 11) is -0.0898. The van der Waals surface area contributed by atoms with Crippen LogP contribution in [0.1, 0.15) is 10.4 Å². The molecular formula is C18H17N3O3S. The minimum atomic E-state index is -3.73. The lowest BCUT2D eigenvalue weighted by Gasteiger charge is -2.07. The van der Waals surface area contributed by atoms with E-state index in [0.717, 1.165) is 3.97 Å². The maximum absolute atomic E-state index is 12.7. The lowest BCUT2D eigenvalue weighted by atomic mass is 10.1. The number of aromatic nitrogens is 2. The molecule has 0 aliphatic carbocycles. The fourth-order valence-corrected chi connectivity index (χ4v) is 3.68. The molecule has 0 aliphatic heterocycles. The highest BCUT2D eigenvalue weighted by Gasteiger charge is 2.19. The summed E-state index contributed by atoms with van der Waals surface area (Å²) in [6.07, 6.45) is 5.93.